The van der Waals surface area contributed by atoms with Crippen molar-refractivity contribution < 1.29 is 4.74 Å². The lowest BCUT2D eigenvalue weighted by Crippen LogP contribution is -2.14. The first-order chi connectivity index (χ1) is 8.22. The second-order valence-corrected chi connectivity index (χ2v) is 3.92. The monoisotopic (exact) mass is 228 g/mol. The Balaban J connectivity index is 2.40. The molecule has 0 aliphatic heterocycles. The normalized spacial score (nSPS) is 12.2. The van der Waals surface area contributed by atoms with Gasteiger partial charge in [0.15, 0.2) is 0 Å². The van der Waals surface area contributed by atoms with Gasteiger partial charge in [0.05, 0.1) is 18.8 Å². The highest BCUT2D eigenvalue weighted by molar-refractivity contribution is 5.39. The molecule has 1 heterocycles. The van der Waals surface area contributed by atoms with Crippen molar-refractivity contribution in [3.63, 3.8) is 0 Å². The molecule has 0 aliphatic carbocycles. The van der Waals surface area contributed by atoms with Gasteiger partial charge in [-0.2, -0.15) is 0 Å². The third-order valence-corrected chi connectivity index (χ3v) is 2.70. The van der Waals surface area contributed by atoms with Crippen molar-refractivity contribution in [1.82, 2.24) is 4.98 Å². The number of aromatic nitrogens is 1. The number of methoxy groups -OCH3 is 1. The van der Waals surface area contributed by atoms with Crippen LogP contribution in [0, 0.1) is 6.92 Å². The van der Waals surface area contributed by atoms with Gasteiger partial charge in [-0.25, -0.2) is 0 Å². The van der Waals surface area contributed by atoms with E-state index < -0.39 is 0 Å². The first-order valence-electron chi connectivity index (χ1n) is 5.54. The lowest BCUT2D eigenvalue weighted by atomic mass is 10.0. The lowest BCUT2D eigenvalue weighted by Gasteiger charge is -2.15. The second-order valence-electron chi connectivity index (χ2n) is 3.92. The molecule has 2 aromatic rings. The Labute approximate surface area is 101 Å². The molecule has 0 saturated heterocycles. The smallest absolute Gasteiger partial charge is 0.124 e. The summed E-state index contributed by atoms with van der Waals surface area (Å²) in [5.41, 5.74) is 8.99. The van der Waals surface area contributed by atoms with Crippen molar-refractivity contribution in [3.8, 4) is 5.75 Å². The highest BCUT2D eigenvalue weighted by atomic mass is 16.5. The average Bonchev–Trinajstić information content (AvgIpc) is 2.38. The van der Waals surface area contributed by atoms with Gasteiger partial charge in [-0.05, 0) is 25.1 Å². The molecule has 0 spiro atoms. The molecular formula is C14H16N2O. The van der Waals surface area contributed by atoms with Crippen LogP contribution in [0.1, 0.15) is 23.0 Å². The molecule has 0 bridgehead atoms. The number of nitrogens with zero attached hydrogens (tertiary/aromatic N) is 1. The van der Waals surface area contributed by atoms with Crippen molar-refractivity contribution in [3.05, 3.63) is 59.4 Å². The topological polar surface area (TPSA) is 48.1 Å². The van der Waals surface area contributed by atoms with E-state index in [-0.39, 0.29) is 6.04 Å². The maximum absolute atomic E-state index is 6.22. The highest BCUT2D eigenvalue weighted by Gasteiger charge is 2.14. The van der Waals surface area contributed by atoms with Gasteiger partial charge in [-0.15, -0.1) is 0 Å². The summed E-state index contributed by atoms with van der Waals surface area (Å²) in [4.78, 5) is 4.44. The number of rotatable bonds is 3. The Morgan fingerprint density at radius 3 is 2.59 bits per heavy atom. The molecule has 0 amide bonds. The van der Waals surface area contributed by atoms with Crippen LogP contribution >= 0.6 is 0 Å². The number of pyridine rings is 1. The molecule has 0 radical (unpaired) electrons. The first-order valence-corrected chi connectivity index (χ1v) is 5.54. The molecule has 3 nitrogen and oxygen atoms in total. The lowest BCUT2D eigenvalue weighted by molar-refractivity contribution is 0.407. The fourth-order valence-corrected chi connectivity index (χ4v) is 1.82. The summed E-state index contributed by atoms with van der Waals surface area (Å²) in [7, 11) is 1.65. The minimum atomic E-state index is -0.258. The zero-order valence-electron chi connectivity index (χ0n) is 10.1. The molecule has 1 aromatic carbocycles. The minimum absolute atomic E-state index is 0.258. The molecule has 0 saturated carbocycles. The fraction of sp³-hybridized carbons (Fsp3) is 0.214. The maximum atomic E-state index is 6.22. The van der Waals surface area contributed by atoms with E-state index in [0.29, 0.717) is 0 Å². The summed E-state index contributed by atoms with van der Waals surface area (Å²) in [6.07, 6.45) is 0. The average molecular weight is 228 g/mol. The van der Waals surface area contributed by atoms with Crippen molar-refractivity contribution in [2.75, 3.05) is 7.11 Å². The van der Waals surface area contributed by atoms with Crippen LogP contribution in [0.4, 0.5) is 0 Å². The maximum Gasteiger partial charge on any atom is 0.124 e. The third kappa shape index (κ3) is 2.45. The van der Waals surface area contributed by atoms with Gasteiger partial charge in [0.1, 0.15) is 5.75 Å². The summed E-state index contributed by atoms with van der Waals surface area (Å²) in [5, 5.41) is 0. The standard InChI is InChI=1S/C14H16N2O/c1-10-6-5-8-12(16-10)14(15)11-7-3-4-9-13(11)17-2/h3-9,14H,15H2,1-2H3. The van der Waals surface area contributed by atoms with E-state index in [1.807, 2.05) is 49.4 Å². The van der Waals surface area contributed by atoms with Crippen LogP contribution in [-0.4, -0.2) is 12.1 Å². The van der Waals surface area contributed by atoms with Gasteiger partial charge < -0.3 is 10.5 Å². The van der Waals surface area contributed by atoms with E-state index >= 15 is 0 Å². The summed E-state index contributed by atoms with van der Waals surface area (Å²) in [6, 6.07) is 13.4. The predicted molar refractivity (Wildman–Crippen MR) is 68.0 cm³/mol. The molecule has 1 atom stereocenters. The summed E-state index contributed by atoms with van der Waals surface area (Å²) < 4.78 is 5.31. The fourth-order valence-electron chi connectivity index (χ4n) is 1.82. The number of hydrogen-bond acceptors (Lipinski definition) is 3. The van der Waals surface area contributed by atoms with Gasteiger partial charge in [0.2, 0.25) is 0 Å². The van der Waals surface area contributed by atoms with E-state index in [1.54, 1.807) is 7.11 Å². The predicted octanol–water partition coefficient (Wildman–Crippen LogP) is 2.45. The first kappa shape index (κ1) is 11.6. The molecule has 3 heteroatoms. The number of hydrogen-bond donors (Lipinski definition) is 1. The molecule has 88 valence electrons. The van der Waals surface area contributed by atoms with Gasteiger partial charge in [0, 0.05) is 11.3 Å². The van der Waals surface area contributed by atoms with Crippen molar-refractivity contribution in [1.29, 1.82) is 0 Å². The van der Waals surface area contributed by atoms with Crippen molar-refractivity contribution in [2.24, 2.45) is 5.73 Å². The largest absolute Gasteiger partial charge is 0.496 e. The SMILES string of the molecule is COc1ccccc1C(N)c1cccc(C)n1. The molecule has 17 heavy (non-hydrogen) atoms. The Morgan fingerprint density at radius 1 is 1.12 bits per heavy atom. The molecule has 1 unspecified atom stereocenters. The quantitative estimate of drug-likeness (QED) is 0.877. The van der Waals surface area contributed by atoms with Gasteiger partial charge in [-0.1, -0.05) is 24.3 Å². The Kier molecular flexibility index (Phi) is 3.40. The van der Waals surface area contributed by atoms with E-state index in [9.17, 15) is 0 Å². The van der Waals surface area contributed by atoms with Gasteiger partial charge >= 0.3 is 0 Å². The Bertz CT molecular complexity index is 511. The van der Waals surface area contributed by atoms with Crippen LogP contribution in [-0.2, 0) is 0 Å². The minimum Gasteiger partial charge on any atom is -0.496 e. The van der Waals surface area contributed by atoms with Crippen LogP contribution in [0.3, 0.4) is 0 Å². The van der Waals surface area contributed by atoms with E-state index in [1.165, 1.54) is 0 Å². The Hall–Kier alpha value is -1.87. The van der Waals surface area contributed by atoms with Gasteiger partial charge in [-0.3, -0.25) is 4.98 Å². The van der Waals surface area contributed by atoms with Gasteiger partial charge in [0.25, 0.3) is 0 Å². The third-order valence-electron chi connectivity index (χ3n) is 2.70. The van der Waals surface area contributed by atoms with E-state index in [4.69, 9.17) is 10.5 Å². The van der Waals surface area contributed by atoms with Crippen LogP contribution in [0.5, 0.6) is 5.75 Å². The van der Waals surface area contributed by atoms with Crippen LogP contribution in [0.2, 0.25) is 0 Å². The molecule has 0 aliphatic rings. The molecule has 0 fully saturated rings. The number of para-hydroxylation sites is 1. The number of aryl methyl sites for hydroxylation is 1. The number of nitrogens with two attached hydrogens (primary N) is 1. The highest BCUT2D eigenvalue weighted by Crippen LogP contribution is 2.26. The Morgan fingerprint density at radius 2 is 1.88 bits per heavy atom. The van der Waals surface area contributed by atoms with E-state index in [0.717, 1.165) is 22.7 Å². The van der Waals surface area contributed by atoms with Crippen molar-refractivity contribution in [2.45, 2.75) is 13.0 Å². The molecule has 2 N–H and O–H groups in total. The van der Waals surface area contributed by atoms with E-state index in [2.05, 4.69) is 4.98 Å². The molecule has 1 aromatic heterocycles. The van der Waals surface area contributed by atoms with Crippen LogP contribution in [0.15, 0.2) is 42.5 Å². The second kappa shape index (κ2) is 4.97. The zero-order valence-corrected chi connectivity index (χ0v) is 10.1. The summed E-state index contributed by atoms with van der Waals surface area (Å²) in [6.45, 7) is 1.96. The van der Waals surface area contributed by atoms with Crippen LogP contribution < -0.4 is 10.5 Å². The van der Waals surface area contributed by atoms with Crippen molar-refractivity contribution >= 4 is 0 Å². The number of benzene rings is 1. The zero-order chi connectivity index (χ0) is 12.3. The molecular weight excluding hydrogens is 212 g/mol. The summed E-state index contributed by atoms with van der Waals surface area (Å²) >= 11 is 0. The summed E-state index contributed by atoms with van der Waals surface area (Å²) in [5.74, 6) is 0.795. The van der Waals surface area contributed by atoms with Crippen LogP contribution in [0.25, 0.3) is 0 Å². The number of ether oxygens (including phenoxy) is 1. The molecule has 2 rings (SSSR count).